The van der Waals surface area contributed by atoms with Crippen LogP contribution in [0.25, 0.3) is 0 Å². The van der Waals surface area contributed by atoms with Crippen LogP contribution in [0.5, 0.6) is 11.5 Å². The third-order valence-electron chi connectivity index (χ3n) is 7.63. The zero-order valence-corrected chi connectivity index (χ0v) is 24.6. The van der Waals surface area contributed by atoms with Crippen LogP contribution in [-0.2, 0) is 9.59 Å². The Labute approximate surface area is 254 Å². The van der Waals surface area contributed by atoms with Crippen molar-refractivity contribution in [1.29, 1.82) is 0 Å². The lowest BCUT2D eigenvalue weighted by Crippen LogP contribution is -2.51. The number of halogens is 2. The first kappa shape index (κ1) is 30.8. The van der Waals surface area contributed by atoms with E-state index in [4.69, 9.17) is 4.74 Å². The van der Waals surface area contributed by atoms with E-state index < -0.39 is 28.9 Å². The molecule has 0 bridgehead atoms. The summed E-state index contributed by atoms with van der Waals surface area (Å²) < 4.78 is 33.8. The van der Waals surface area contributed by atoms with Gasteiger partial charge in [-0.05, 0) is 69.4 Å². The number of pyridine rings is 1. The lowest BCUT2D eigenvalue weighted by molar-refractivity contribution is -0.131. The highest BCUT2D eigenvalue weighted by Crippen LogP contribution is 2.47. The van der Waals surface area contributed by atoms with Crippen LogP contribution in [-0.4, -0.2) is 90.9 Å². The zero-order chi connectivity index (χ0) is 31.3. The predicted octanol–water partition coefficient (Wildman–Crippen LogP) is 4.22. The molecule has 1 aliphatic carbocycles. The maximum atomic E-state index is 15.0. The molecule has 5 rings (SSSR count). The minimum Gasteiger partial charge on any atom is -0.454 e. The second-order valence-electron chi connectivity index (χ2n) is 11.2. The van der Waals surface area contributed by atoms with Gasteiger partial charge in [-0.1, -0.05) is 0 Å². The Morgan fingerprint density at radius 1 is 0.886 bits per heavy atom. The lowest BCUT2D eigenvalue weighted by atomic mass is 10.0. The molecule has 1 aromatic heterocycles. The van der Waals surface area contributed by atoms with Crippen molar-refractivity contribution in [3.63, 3.8) is 0 Å². The van der Waals surface area contributed by atoms with Crippen molar-refractivity contribution in [2.75, 3.05) is 69.3 Å². The Hall–Kier alpha value is -4.62. The number of hydrogen-bond donors (Lipinski definition) is 3. The Morgan fingerprint density at radius 2 is 1.55 bits per heavy atom. The number of carbonyl (C=O) groups excluding carboxylic acids is 3. The van der Waals surface area contributed by atoms with Crippen LogP contribution < -0.4 is 20.7 Å². The molecule has 3 N–H and O–H groups in total. The summed E-state index contributed by atoms with van der Waals surface area (Å²) in [6.45, 7) is 4.69. The predicted molar refractivity (Wildman–Crippen MR) is 162 cm³/mol. The Balaban J connectivity index is 1.14. The maximum Gasteiger partial charge on any atom is 0.323 e. The van der Waals surface area contributed by atoms with Crippen LogP contribution in [0, 0.1) is 17.0 Å². The number of carbonyl (C=O) groups is 3. The molecule has 1 aliphatic heterocycles. The monoisotopic (exact) mass is 607 g/mol. The molecule has 4 amide bonds. The summed E-state index contributed by atoms with van der Waals surface area (Å²) in [5.41, 5.74) is -0.751. The van der Waals surface area contributed by atoms with E-state index in [1.54, 1.807) is 4.90 Å². The van der Waals surface area contributed by atoms with E-state index in [1.807, 2.05) is 14.1 Å². The van der Waals surface area contributed by atoms with Gasteiger partial charge in [-0.25, -0.2) is 18.6 Å². The van der Waals surface area contributed by atoms with Gasteiger partial charge in [0.05, 0.1) is 0 Å². The van der Waals surface area contributed by atoms with Gasteiger partial charge in [0.1, 0.15) is 22.8 Å². The summed E-state index contributed by atoms with van der Waals surface area (Å²) in [6.07, 6.45) is 2.12. The minimum absolute atomic E-state index is 0.101. The molecule has 232 valence electrons. The molecule has 0 unspecified atom stereocenters. The van der Waals surface area contributed by atoms with E-state index in [0.717, 1.165) is 32.2 Å². The van der Waals surface area contributed by atoms with Gasteiger partial charge in [0.25, 0.3) is 0 Å². The van der Waals surface area contributed by atoms with Crippen molar-refractivity contribution in [2.45, 2.75) is 12.8 Å². The van der Waals surface area contributed by atoms with E-state index >= 15 is 0 Å². The van der Waals surface area contributed by atoms with Crippen LogP contribution in [0.2, 0.25) is 0 Å². The highest BCUT2D eigenvalue weighted by molar-refractivity contribution is 6.16. The van der Waals surface area contributed by atoms with Crippen molar-refractivity contribution >= 4 is 35.0 Å². The average Bonchev–Trinajstić information content (AvgIpc) is 3.82. The number of rotatable bonds is 10. The zero-order valence-electron chi connectivity index (χ0n) is 24.6. The van der Waals surface area contributed by atoms with Crippen molar-refractivity contribution in [3.05, 3.63) is 72.4 Å². The van der Waals surface area contributed by atoms with Crippen LogP contribution in [0.4, 0.5) is 30.8 Å². The van der Waals surface area contributed by atoms with Crippen LogP contribution in [0.3, 0.4) is 0 Å². The SMILES string of the molecule is CN(C)CCN1CCN(C(=O)Nc2cc(Oc3ccc(NC(=O)C4(C(=O)Nc5ccc(F)cc5)CC4)cc3F)ccn2)CC1. The fourth-order valence-electron chi connectivity index (χ4n) is 4.75. The number of anilines is 3. The summed E-state index contributed by atoms with van der Waals surface area (Å²) in [6, 6.07) is 11.9. The van der Waals surface area contributed by atoms with Gasteiger partial charge >= 0.3 is 6.03 Å². The molecule has 0 radical (unpaired) electrons. The fraction of sp³-hybridized carbons (Fsp3) is 0.355. The number of piperazine rings is 1. The number of nitrogens with one attached hydrogen (secondary N) is 3. The van der Waals surface area contributed by atoms with E-state index in [9.17, 15) is 23.2 Å². The third-order valence-corrected chi connectivity index (χ3v) is 7.63. The molecule has 1 saturated carbocycles. The Morgan fingerprint density at radius 3 is 2.18 bits per heavy atom. The molecule has 2 heterocycles. The first-order valence-corrected chi connectivity index (χ1v) is 14.4. The third kappa shape index (κ3) is 7.66. The van der Waals surface area contributed by atoms with E-state index in [1.165, 1.54) is 54.7 Å². The molecule has 11 nitrogen and oxygen atoms in total. The van der Waals surface area contributed by atoms with Gasteiger partial charge in [-0.3, -0.25) is 19.8 Å². The number of likely N-dealkylation sites (N-methyl/N-ethyl adjacent to an activating group) is 1. The summed E-state index contributed by atoms with van der Waals surface area (Å²) in [7, 11) is 4.07. The van der Waals surface area contributed by atoms with Crippen molar-refractivity contribution in [1.82, 2.24) is 19.7 Å². The van der Waals surface area contributed by atoms with Gasteiger partial charge in [-0.2, -0.15) is 0 Å². The van der Waals surface area contributed by atoms with Crippen molar-refractivity contribution in [3.8, 4) is 11.5 Å². The molecule has 2 aliphatic rings. The Bertz CT molecular complexity index is 1510. The minimum atomic E-state index is -1.28. The molecule has 1 saturated heterocycles. The largest absolute Gasteiger partial charge is 0.454 e. The second-order valence-corrected chi connectivity index (χ2v) is 11.2. The average molecular weight is 608 g/mol. The maximum absolute atomic E-state index is 15.0. The van der Waals surface area contributed by atoms with E-state index in [-0.39, 0.29) is 29.0 Å². The number of ether oxygens (including phenoxy) is 1. The number of aromatic nitrogens is 1. The second kappa shape index (κ2) is 13.3. The quantitative estimate of drug-likeness (QED) is 0.296. The van der Waals surface area contributed by atoms with Gasteiger partial charge < -0.3 is 25.2 Å². The molecule has 3 aromatic rings. The first-order valence-electron chi connectivity index (χ1n) is 14.4. The molecule has 2 fully saturated rings. The normalized spacial score (nSPS) is 15.9. The highest BCUT2D eigenvalue weighted by Gasteiger charge is 2.56. The van der Waals surface area contributed by atoms with Gasteiger partial charge in [0.15, 0.2) is 11.6 Å². The molecule has 13 heteroatoms. The molecule has 0 spiro atoms. The van der Waals surface area contributed by atoms with E-state index in [0.29, 0.717) is 31.6 Å². The number of nitrogens with zero attached hydrogens (tertiary/aromatic N) is 4. The number of amides is 4. The fourth-order valence-corrected chi connectivity index (χ4v) is 4.75. The summed E-state index contributed by atoms with van der Waals surface area (Å²) in [4.78, 5) is 48.9. The Kier molecular flexibility index (Phi) is 9.35. The van der Waals surface area contributed by atoms with Crippen LogP contribution in [0.1, 0.15) is 12.8 Å². The summed E-state index contributed by atoms with van der Waals surface area (Å²) in [5.74, 6) is -1.83. The summed E-state index contributed by atoms with van der Waals surface area (Å²) in [5, 5.41) is 8.01. The molecular weight excluding hydrogens is 572 g/mol. The molecule has 0 atom stereocenters. The number of benzene rings is 2. The summed E-state index contributed by atoms with van der Waals surface area (Å²) >= 11 is 0. The lowest BCUT2D eigenvalue weighted by Gasteiger charge is -2.35. The first-order chi connectivity index (χ1) is 21.1. The number of urea groups is 1. The van der Waals surface area contributed by atoms with Gasteiger partial charge in [-0.15, -0.1) is 0 Å². The van der Waals surface area contributed by atoms with E-state index in [2.05, 4.69) is 30.7 Å². The molecule has 44 heavy (non-hydrogen) atoms. The number of hydrogen-bond acceptors (Lipinski definition) is 7. The molecular formula is C31H35F2N7O4. The van der Waals surface area contributed by atoms with Crippen LogP contribution in [0.15, 0.2) is 60.8 Å². The molecule has 2 aromatic carbocycles. The van der Waals surface area contributed by atoms with Crippen molar-refractivity contribution in [2.24, 2.45) is 5.41 Å². The van der Waals surface area contributed by atoms with Gasteiger partial charge in [0.2, 0.25) is 11.8 Å². The van der Waals surface area contributed by atoms with Crippen LogP contribution >= 0.6 is 0 Å². The highest BCUT2D eigenvalue weighted by atomic mass is 19.1. The smallest absolute Gasteiger partial charge is 0.323 e. The standard InChI is InChI=1S/C31H35F2N7O4/c1-38(2)13-14-39-15-17-40(18-16-39)30(43)37-27-20-24(9-12-34-27)44-26-8-7-23(19-25(26)33)36-29(42)31(10-11-31)28(41)35-22-5-3-21(32)4-6-22/h3-9,12,19-20H,10-11,13-18H2,1-2H3,(H,35,41)(H,36,42)(H,34,37,43). The van der Waals surface area contributed by atoms with Crippen molar-refractivity contribution < 1.29 is 27.9 Å². The topological polar surface area (TPSA) is 119 Å². The van der Waals surface area contributed by atoms with Gasteiger partial charge in [0, 0.05) is 69.0 Å².